The molecule has 0 amide bonds. The molecule has 4 heteroatoms. The van der Waals surface area contributed by atoms with Gasteiger partial charge < -0.3 is 10.8 Å². The van der Waals surface area contributed by atoms with E-state index in [1.54, 1.807) is 0 Å². The Hall–Kier alpha value is -1.84. The largest absolute Gasteiger partial charge is 0.481 e. The molecule has 0 saturated carbocycles. The van der Waals surface area contributed by atoms with Gasteiger partial charge in [-0.15, -0.1) is 0 Å². The van der Waals surface area contributed by atoms with Crippen molar-refractivity contribution in [2.45, 2.75) is 25.3 Å². The SMILES string of the molecule is N[C@H](CCc1ccc(-c2cccc(Cl)c2)cc1)CC(=O)O. The third kappa shape index (κ3) is 4.88. The number of carbonyl (C=O) groups is 1. The van der Waals surface area contributed by atoms with Crippen LogP contribution in [0.5, 0.6) is 0 Å². The Kier molecular flexibility index (Phi) is 5.37. The Morgan fingerprint density at radius 1 is 1.14 bits per heavy atom. The van der Waals surface area contributed by atoms with Crippen LogP contribution in [0.1, 0.15) is 18.4 Å². The predicted octanol–water partition coefficient (Wildman–Crippen LogP) is 3.74. The predicted molar refractivity (Wildman–Crippen MR) is 85.4 cm³/mol. The first-order valence-corrected chi connectivity index (χ1v) is 7.24. The monoisotopic (exact) mass is 303 g/mol. The molecule has 21 heavy (non-hydrogen) atoms. The van der Waals surface area contributed by atoms with Gasteiger partial charge in [-0.25, -0.2) is 0 Å². The molecular formula is C17H18ClNO2. The van der Waals surface area contributed by atoms with Crippen molar-refractivity contribution in [2.75, 3.05) is 0 Å². The average molecular weight is 304 g/mol. The first kappa shape index (κ1) is 15.5. The molecule has 3 nitrogen and oxygen atoms in total. The number of nitrogens with two attached hydrogens (primary N) is 1. The van der Waals surface area contributed by atoms with Gasteiger partial charge >= 0.3 is 5.97 Å². The first-order chi connectivity index (χ1) is 10.0. The Balaban J connectivity index is 1.97. The summed E-state index contributed by atoms with van der Waals surface area (Å²) in [6.07, 6.45) is 1.47. The fourth-order valence-electron chi connectivity index (χ4n) is 2.21. The average Bonchev–Trinajstić information content (AvgIpc) is 2.45. The second-order valence-electron chi connectivity index (χ2n) is 5.10. The van der Waals surface area contributed by atoms with E-state index in [2.05, 4.69) is 0 Å². The maximum absolute atomic E-state index is 10.6. The highest BCUT2D eigenvalue weighted by atomic mass is 35.5. The second kappa shape index (κ2) is 7.25. The van der Waals surface area contributed by atoms with Gasteiger partial charge in [0.15, 0.2) is 0 Å². The number of aryl methyl sites for hydroxylation is 1. The third-order valence-electron chi connectivity index (χ3n) is 3.35. The number of rotatable bonds is 6. The molecule has 0 fully saturated rings. The van der Waals surface area contributed by atoms with Gasteiger partial charge in [0.2, 0.25) is 0 Å². The zero-order valence-electron chi connectivity index (χ0n) is 11.6. The van der Waals surface area contributed by atoms with Crippen LogP contribution < -0.4 is 5.73 Å². The summed E-state index contributed by atoms with van der Waals surface area (Å²) in [5.74, 6) is -0.848. The summed E-state index contributed by atoms with van der Waals surface area (Å²) in [6, 6.07) is 15.6. The number of benzene rings is 2. The minimum atomic E-state index is -0.848. The van der Waals surface area contributed by atoms with Crippen LogP contribution in [0.2, 0.25) is 5.02 Å². The van der Waals surface area contributed by atoms with E-state index in [1.165, 1.54) is 0 Å². The van der Waals surface area contributed by atoms with Gasteiger partial charge in [-0.3, -0.25) is 4.79 Å². The Morgan fingerprint density at radius 3 is 2.48 bits per heavy atom. The normalized spacial score (nSPS) is 12.1. The van der Waals surface area contributed by atoms with Gasteiger partial charge in [0.05, 0.1) is 6.42 Å². The summed E-state index contributed by atoms with van der Waals surface area (Å²) in [4.78, 5) is 10.6. The summed E-state index contributed by atoms with van der Waals surface area (Å²) in [5.41, 5.74) is 9.11. The summed E-state index contributed by atoms with van der Waals surface area (Å²) < 4.78 is 0. The molecule has 0 aromatic heterocycles. The number of halogens is 1. The van der Waals surface area contributed by atoms with Gasteiger partial charge in [0, 0.05) is 11.1 Å². The summed E-state index contributed by atoms with van der Waals surface area (Å²) in [6.45, 7) is 0. The smallest absolute Gasteiger partial charge is 0.304 e. The molecule has 110 valence electrons. The van der Waals surface area contributed by atoms with Crippen LogP contribution in [0.4, 0.5) is 0 Å². The molecule has 0 unspecified atom stereocenters. The molecule has 0 spiro atoms. The van der Waals surface area contributed by atoms with Gasteiger partial charge in [-0.1, -0.05) is 48.0 Å². The van der Waals surface area contributed by atoms with Crippen molar-refractivity contribution in [2.24, 2.45) is 5.73 Å². The van der Waals surface area contributed by atoms with Crippen molar-refractivity contribution < 1.29 is 9.90 Å². The maximum atomic E-state index is 10.6. The van der Waals surface area contributed by atoms with Crippen LogP contribution in [-0.2, 0) is 11.2 Å². The molecular weight excluding hydrogens is 286 g/mol. The van der Waals surface area contributed by atoms with Crippen LogP contribution >= 0.6 is 11.6 Å². The molecule has 2 aromatic rings. The van der Waals surface area contributed by atoms with E-state index < -0.39 is 5.97 Å². The maximum Gasteiger partial charge on any atom is 0.304 e. The summed E-state index contributed by atoms with van der Waals surface area (Å²) in [5, 5.41) is 9.39. The van der Waals surface area contributed by atoms with Gasteiger partial charge in [0.25, 0.3) is 0 Å². The molecule has 0 heterocycles. The number of carboxylic acid groups (broad SMARTS) is 1. The first-order valence-electron chi connectivity index (χ1n) is 6.87. The van der Waals surface area contributed by atoms with Crippen molar-refractivity contribution >= 4 is 17.6 Å². The fraction of sp³-hybridized carbons (Fsp3) is 0.235. The van der Waals surface area contributed by atoms with E-state index in [4.69, 9.17) is 22.4 Å². The lowest BCUT2D eigenvalue weighted by Crippen LogP contribution is -2.24. The lowest BCUT2D eigenvalue weighted by molar-refractivity contribution is -0.137. The van der Waals surface area contributed by atoms with E-state index >= 15 is 0 Å². The summed E-state index contributed by atoms with van der Waals surface area (Å²) >= 11 is 5.99. The van der Waals surface area contributed by atoms with E-state index in [0.29, 0.717) is 6.42 Å². The van der Waals surface area contributed by atoms with E-state index in [-0.39, 0.29) is 12.5 Å². The molecule has 0 aliphatic carbocycles. The molecule has 0 saturated heterocycles. The molecule has 0 radical (unpaired) electrons. The molecule has 2 rings (SSSR count). The number of hydrogen-bond donors (Lipinski definition) is 2. The standard InChI is InChI=1S/C17H18ClNO2/c18-15-3-1-2-14(10-15)13-7-4-12(5-8-13)6-9-16(19)11-17(20)21/h1-5,7-8,10,16H,6,9,11,19H2,(H,20,21)/t16-/m1/s1. The minimum absolute atomic E-state index is 0.0145. The third-order valence-corrected chi connectivity index (χ3v) is 3.59. The van der Waals surface area contributed by atoms with E-state index in [1.807, 2.05) is 48.5 Å². The lowest BCUT2D eigenvalue weighted by atomic mass is 10.00. The molecule has 2 aromatic carbocycles. The van der Waals surface area contributed by atoms with Crippen LogP contribution in [0.25, 0.3) is 11.1 Å². The van der Waals surface area contributed by atoms with E-state index in [0.717, 1.165) is 28.1 Å². The minimum Gasteiger partial charge on any atom is -0.481 e. The van der Waals surface area contributed by atoms with Gasteiger partial charge in [-0.05, 0) is 41.7 Å². The number of aliphatic carboxylic acids is 1. The fourth-order valence-corrected chi connectivity index (χ4v) is 2.40. The van der Waals surface area contributed by atoms with Crippen molar-refractivity contribution in [3.05, 3.63) is 59.1 Å². The zero-order chi connectivity index (χ0) is 15.2. The highest BCUT2D eigenvalue weighted by molar-refractivity contribution is 6.30. The highest BCUT2D eigenvalue weighted by Crippen LogP contribution is 2.23. The van der Waals surface area contributed by atoms with Crippen molar-refractivity contribution in [3.8, 4) is 11.1 Å². The second-order valence-corrected chi connectivity index (χ2v) is 5.54. The van der Waals surface area contributed by atoms with Crippen LogP contribution in [-0.4, -0.2) is 17.1 Å². The van der Waals surface area contributed by atoms with Crippen molar-refractivity contribution in [1.29, 1.82) is 0 Å². The van der Waals surface area contributed by atoms with Crippen LogP contribution in [0.3, 0.4) is 0 Å². The number of carboxylic acids is 1. The number of hydrogen-bond acceptors (Lipinski definition) is 2. The Bertz CT molecular complexity index is 610. The van der Waals surface area contributed by atoms with Crippen LogP contribution in [0, 0.1) is 0 Å². The Morgan fingerprint density at radius 2 is 1.86 bits per heavy atom. The summed E-state index contributed by atoms with van der Waals surface area (Å²) in [7, 11) is 0. The van der Waals surface area contributed by atoms with Gasteiger partial charge in [-0.2, -0.15) is 0 Å². The van der Waals surface area contributed by atoms with Crippen molar-refractivity contribution in [3.63, 3.8) is 0 Å². The zero-order valence-corrected chi connectivity index (χ0v) is 12.4. The molecule has 0 aliphatic heterocycles. The highest BCUT2D eigenvalue weighted by Gasteiger charge is 2.08. The van der Waals surface area contributed by atoms with Gasteiger partial charge in [0.1, 0.15) is 0 Å². The quantitative estimate of drug-likeness (QED) is 0.854. The topological polar surface area (TPSA) is 63.3 Å². The molecule has 0 bridgehead atoms. The molecule has 1 atom stereocenters. The molecule has 3 N–H and O–H groups in total. The van der Waals surface area contributed by atoms with Crippen molar-refractivity contribution in [1.82, 2.24) is 0 Å². The Labute approximate surface area is 129 Å². The lowest BCUT2D eigenvalue weighted by Gasteiger charge is -2.09. The van der Waals surface area contributed by atoms with E-state index in [9.17, 15) is 4.79 Å². The van der Waals surface area contributed by atoms with Crippen LogP contribution in [0.15, 0.2) is 48.5 Å². The molecule has 0 aliphatic rings.